The Bertz CT molecular complexity index is 352. The minimum absolute atomic E-state index is 0.167. The number of carbonyl (C=O) groups is 1. The van der Waals surface area contributed by atoms with E-state index in [-0.39, 0.29) is 5.92 Å². The first kappa shape index (κ1) is 13.6. The summed E-state index contributed by atoms with van der Waals surface area (Å²) < 4.78 is 0. The van der Waals surface area contributed by atoms with Gasteiger partial charge in [0.2, 0.25) is 0 Å². The smallest absolute Gasteiger partial charge is 0.145 e. The monoisotopic (exact) mass is 256 g/mol. The zero-order valence-corrected chi connectivity index (χ0v) is 11.3. The first-order chi connectivity index (χ1) is 7.65. The van der Waals surface area contributed by atoms with Crippen molar-refractivity contribution in [2.75, 3.05) is 5.75 Å². The molecule has 3 heteroatoms. The quantitative estimate of drug-likeness (QED) is 0.700. The molecule has 0 amide bonds. The summed E-state index contributed by atoms with van der Waals surface area (Å²) in [6.45, 7) is 4.10. The van der Waals surface area contributed by atoms with Crippen molar-refractivity contribution in [2.45, 2.75) is 31.6 Å². The molecule has 0 saturated heterocycles. The van der Waals surface area contributed by atoms with E-state index in [1.807, 2.05) is 31.2 Å². The van der Waals surface area contributed by atoms with E-state index >= 15 is 0 Å². The lowest BCUT2D eigenvalue weighted by molar-refractivity contribution is -0.120. The lowest BCUT2D eigenvalue weighted by Gasteiger charge is -2.08. The Morgan fingerprint density at radius 2 is 2.12 bits per heavy atom. The number of rotatable bonds is 6. The Labute approximate surface area is 107 Å². The van der Waals surface area contributed by atoms with Gasteiger partial charge in [-0.15, -0.1) is 11.8 Å². The van der Waals surface area contributed by atoms with Gasteiger partial charge < -0.3 is 0 Å². The van der Waals surface area contributed by atoms with Crippen molar-refractivity contribution >= 4 is 29.1 Å². The van der Waals surface area contributed by atoms with Gasteiger partial charge in [0.15, 0.2) is 0 Å². The van der Waals surface area contributed by atoms with E-state index < -0.39 is 0 Å². The molecule has 0 radical (unpaired) electrons. The summed E-state index contributed by atoms with van der Waals surface area (Å²) in [5.74, 6) is 0.997. The summed E-state index contributed by atoms with van der Waals surface area (Å²) in [7, 11) is 0. The van der Waals surface area contributed by atoms with Crippen molar-refractivity contribution in [1.82, 2.24) is 0 Å². The number of thioether (sulfide) groups is 1. The molecule has 88 valence electrons. The highest BCUT2D eigenvalue weighted by Gasteiger charge is 2.12. The van der Waals surface area contributed by atoms with Crippen LogP contribution in [0.4, 0.5) is 0 Å². The van der Waals surface area contributed by atoms with Crippen molar-refractivity contribution in [1.29, 1.82) is 0 Å². The van der Waals surface area contributed by atoms with E-state index in [9.17, 15) is 4.79 Å². The van der Waals surface area contributed by atoms with Crippen LogP contribution in [0.2, 0.25) is 5.02 Å². The number of hydrogen-bond donors (Lipinski definition) is 0. The molecule has 0 aliphatic heterocycles. The first-order valence-corrected chi connectivity index (χ1v) is 6.91. The number of halogens is 1. The Morgan fingerprint density at radius 3 is 2.75 bits per heavy atom. The number of hydrogen-bond acceptors (Lipinski definition) is 2. The maximum Gasteiger partial charge on any atom is 0.145 e. The summed E-state index contributed by atoms with van der Waals surface area (Å²) in [6.07, 6.45) is 2.03. The molecule has 16 heavy (non-hydrogen) atoms. The summed E-state index contributed by atoms with van der Waals surface area (Å²) >= 11 is 7.54. The predicted octanol–water partition coefficient (Wildman–Crippen LogP) is 4.44. The maximum atomic E-state index is 11.8. The largest absolute Gasteiger partial charge is 0.298 e. The molecule has 1 unspecified atom stereocenters. The number of benzene rings is 1. The fraction of sp³-hybridized carbons (Fsp3) is 0.462. The molecule has 1 nitrogen and oxygen atoms in total. The van der Waals surface area contributed by atoms with Gasteiger partial charge in [-0.2, -0.15) is 0 Å². The minimum atomic E-state index is 0.167. The third kappa shape index (κ3) is 4.18. The van der Waals surface area contributed by atoms with Crippen LogP contribution in [0.3, 0.4) is 0 Å². The third-order valence-electron chi connectivity index (χ3n) is 2.48. The first-order valence-electron chi connectivity index (χ1n) is 5.55. The molecule has 1 rings (SSSR count). The lowest BCUT2D eigenvalue weighted by Crippen LogP contribution is -2.12. The van der Waals surface area contributed by atoms with Crippen molar-refractivity contribution < 1.29 is 4.79 Å². The second-order valence-electron chi connectivity index (χ2n) is 3.88. The molecular weight excluding hydrogens is 240 g/mol. The molecule has 0 bridgehead atoms. The second kappa shape index (κ2) is 6.97. The van der Waals surface area contributed by atoms with Crippen LogP contribution in [0.15, 0.2) is 29.2 Å². The van der Waals surface area contributed by atoms with Gasteiger partial charge in [0.1, 0.15) is 5.78 Å². The van der Waals surface area contributed by atoms with E-state index in [1.165, 1.54) is 11.8 Å². The summed E-state index contributed by atoms with van der Waals surface area (Å²) in [4.78, 5) is 12.7. The van der Waals surface area contributed by atoms with Crippen molar-refractivity contribution in [2.24, 2.45) is 5.92 Å². The third-order valence-corrected chi connectivity index (χ3v) is 4.02. The summed E-state index contributed by atoms with van der Waals surface area (Å²) in [5, 5.41) is 0.725. The van der Waals surface area contributed by atoms with E-state index in [0.717, 1.165) is 22.8 Å². The Hall–Kier alpha value is -0.470. The summed E-state index contributed by atoms with van der Waals surface area (Å²) in [5.41, 5.74) is 0. The van der Waals surface area contributed by atoms with Crippen LogP contribution in [-0.2, 0) is 4.79 Å². The predicted molar refractivity (Wildman–Crippen MR) is 71.3 cm³/mol. The second-order valence-corrected chi connectivity index (χ2v) is 5.30. The van der Waals surface area contributed by atoms with Crippen LogP contribution in [0.1, 0.15) is 26.7 Å². The average molecular weight is 257 g/mol. The van der Waals surface area contributed by atoms with Crippen molar-refractivity contribution in [3.8, 4) is 0 Å². The Kier molecular flexibility index (Phi) is 5.93. The molecule has 0 N–H and O–H groups in total. The molecule has 0 aliphatic rings. The SMILES string of the molecule is CCCC(C)C(=O)CSc1ccccc1Cl. The van der Waals surface area contributed by atoms with Gasteiger partial charge >= 0.3 is 0 Å². The molecule has 1 aromatic carbocycles. The number of Topliss-reactive ketones (excluding diaryl/α,β-unsaturated/α-hetero) is 1. The molecular formula is C13H17ClOS. The van der Waals surface area contributed by atoms with Crippen LogP contribution >= 0.6 is 23.4 Å². The standard InChI is InChI=1S/C13H17ClOS/c1-3-6-10(2)12(15)9-16-13-8-5-4-7-11(13)14/h4-5,7-8,10H,3,6,9H2,1-2H3. The van der Waals surface area contributed by atoms with Crippen molar-refractivity contribution in [3.63, 3.8) is 0 Å². The maximum absolute atomic E-state index is 11.8. The molecule has 0 saturated carbocycles. The number of ketones is 1. The Morgan fingerprint density at radius 1 is 1.44 bits per heavy atom. The van der Waals surface area contributed by atoms with Crippen molar-refractivity contribution in [3.05, 3.63) is 29.3 Å². The fourth-order valence-electron chi connectivity index (χ4n) is 1.45. The number of carbonyl (C=O) groups excluding carboxylic acids is 1. The molecule has 0 aromatic heterocycles. The highest BCUT2D eigenvalue weighted by Crippen LogP contribution is 2.27. The van der Waals surface area contributed by atoms with Crippen LogP contribution in [0.5, 0.6) is 0 Å². The molecule has 1 aromatic rings. The van der Waals surface area contributed by atoms with Gasteiger partial charge in [-0.3, -0.25) is 4.79 Å². The van der Waals surface area contributed by atoms with E-state index in [2.05, 4.69) is 6.92 Å². The minimum Gasteiger partial charge on any atom is -0.298 e. The van der Waals surface area contributed by atoms with Gasteiger partial charge in [0, 0.05) is 10.8 Å². The summed E-state index contributed by atoms with van der Waals surface area (Å²) in [6, 6.07) is 7.64. The topological polar surface area (TPSA) is 17.1 Å². The van der Waals surface area contributed by atoms with Gasteiger partial charge in [0.25, 0.3) is 0 Å². The van der Waals surface area contributed by atoms with Gasteiger partial charge in [-0.05, 0) is 18.6 Å². The Balaban J connectivity index is 2.46. The van der Waals surface area contributed by atoms with E-state index in [4.69, 9.17) is 11.6 Å². The van der Waals surface area contributed by atoms with E-state index in [0.29, 0.717) is 11.5 Å². The van der Waals surface area contributed by atoms with Crippen LogP contribution in [0, 0.1) is 5.92 Å². The van der Waals surface area contributed by atoms with Crippen LogP contribution in [0.25, 0.3) is 0 Å². The van der Waals surface area contributed by atoms with Crippen LogP contribution < -0.4 is 0 Å². The fourth-order valence-corrected chi connectivity index (χ4v) is 2.71. The highest BCUT2D eigenvalue weighted by atomic mass is 35.5. The molecule has 0 spiro atoms. The average Bonchev–Trinajstić information content (AvgIpc) is 2.28. The molecule has 1 atom stereocenters. The van der Waals surface area contributed by atoms with Gasteiger partial charge in [-0.1, -0.05) is 44.0 Å². The van der Waals surface area contributed by atoms with Gasteiger partial charge in [-0.25, -0.2) is 0 Å². The molecule has 0 heterocycles. The van der Waals surface area contributed by atoms with Gasteiger partial charge in [0.05, 0.1) is 10.8 Å². The van der Waals surface area contributed by atoms with Crippen LogP contribution in [-0.4, -0.2) is 11.5 Å². The molecule has 0 fully saturated rings. The highest BCUT2D eigenvalue weighted by molar-refractivity contribution is 8.00. The zero-order chi connectivity index (χ0) is 12.0. The lowest BCUT2D eigenvalue weighted by atomic mass is 10.0. The zero-order valence-electron chi connectivity index (χ0n) is 9.70. The molecule has 0 aliphatic carbocycles. The van der Waals surface area contributed by atoms with E-state index in [1.54, 1.807) is 0 Å². The normalized spacial score (nSPS) is 12.4.